The second-order valence-electron chi connectivity index (χ2n) is 3.32. The van der Waals surface area contributed by atoms with Crippen LogP contribution in [0.2, 0.25) is 0 Å². The maximum absolute atomic E-state index is 13.0. The zero-order chi connectivity index (χ0) is 11.6. The topological polar surface area (TPSA) is 37.9 Å². The summed E-state index contributed by atoms with van der Waals surface area (Å²) in [6.45, 7) is 8.23. The molecule has 1 rings (SSSR count). The predicted molar refractivity (Wildman–Crippen MR) is 53.6 cm³/mol. The monoisotopic (exact) mass is 216 g/mol. The number of H-pyrrole nitrogens is 1. The lowest BCUT2D eigenvalue weighted by Crippen LogP contribution is -2.09. The minimum atomic E-state index is -2.93. The van der Waals surface area contributed by atoms with Gasteiger partial charge in [-0.3, -0.25) is 5.10 Å². The van der Waals surface area contributed by atoms with Gasteiger partial charge in [-0.2, -0.15) is 13.9 Å². The molecule has 0 radical (unpaired) electrons. The van der Waals surface area contributed by atoms with E-state index < -0.39 is 5.92 Å². The van der Waals surface area contributed by atoms with Crippen molar-refractivity contribution in [1.82, 2.24) is 10.2 Å². The Kier molecular flexibility index (Phi) is 3.12. The molecule has 0 unspecified atom stereocenters. The molecule has 5 heteroatoms. The van der Waals surface area contributed by atoms with Crippen molar-refractivity contribution >= 4 is 5.76 Å². The predicted octanol–water partition coefficient (Wildman–Crippen LogP) is 2.84. The van der Waals surface area contributed by atoms with Gasteiger partial charge < -0.3 is 4.74 Å². The minimum Gasteiger partial charge on any atom is -0.492 e. The van der Waals surface area contributed by atoms with E-state index in [9.17, 15) is 8.78 Å². The SMILES string of the molecule is C=C(OCC)c1n[nH]c(C(C)(F)F)c1C. The van der Waals surface area contributed by atoms with Gasteiger partial charge in [0.15, 0.2) is 0 Å². The van der Waals surface area contributed by atoms with Gasteiger partial charge in [0, 0.05) is 12.5 Å². The Morgan fingerprint density at radius 3 is 2.60 bits per heavy atom. The van der Waals surface area contributed by atoms with Crippen molar-refractivity contribution in [2.24, 2.45) is 0 Å². The third kappa shape index (κ3) is 2.34. The van der Waals surface area contributed by atoms with Crippen LogP contribution in [0.25, 0.3) is 5.76 Å². The summed E-state index contributed by atoms with van der Waals surface area (Å²) in [5.74, 6) is -2.62. The molecule has 0 aliphatic rings. The summed E-state index contributed by atoms with van der Waals surface area (Å²) in [5, 5.41) is 6.08. The van der Waals surface area contributed by atoms with Gasteiger partial charge in [0.05, 0.1) is 6.61 Å². The van der Waals surface area contributed by atoms with Crippen molar-refractivity contribution in [3.63, 3.8) is 0 Å². The first-order chi connectivity index (χ1) is 6.88. The molecule has 0 atom stereocenters. The van der Waals surface area contributed by atoms with Crippen molar-refractivity contribution in [2.75, 3.05) is 6.61 Å². The molecule has 3 nitrogen and oxygen atoms in total. The molecule has 1 heterocycles. The Morgan fingerprint density at radius 2 is 2.20 bits per heavy atom. The molecular formula is C10H14F2N2O. The average molecular weight is 216 g/mol. The summed E-state index contributed by atoms with van der Waals surface area (Å²) >= 11 is 0. The van der Waals surface area contributed by atoms with Crippen LogP contribution in [0, 0.1) is 6.92 Å². The summed E-state index contributed by atoms with van der Waals surface area (Å²) in [6.07, 6.45) is 0. The second-order valence-corrected chi connectivity index (χ2v) is 3.32. The zero-order valence-electron chi connectivity index (χ0n) is 9.03. The van der Waals surface area contributed by atoms with Crippen LogP contribution in [0.4, 0.5) is 8.78 Å². The van der Waals surface area contributed by atoms with Gasteiger partial charge >= 0.3 is 0 Å². The van der Waals surface area contributed by atoms with Gasteiger partial charge in [0.1, 0.15) is 17.1 Å². The summed E-state index contributed by atoms with van der Waals surface area (Å²) in [6, 6.07) is 0. The fourth-order valence-electron chi connectivity index (χ4n) is 1.34. The molecule has 1 aromatic heterocycles. The Labute approximate surface area is 87.1 Å². The molecule has 0 aromatic carbocycles. The summed E-state index contributed by atoms with van der Waals surface area (Å²) in [5.41, 5.74) is 0.535. The van der Waals surface area contributed by atoms with Crippen LogP contribution in [0.15, 0.2) is 6.58 Å². The zero-order valence-corrected chi connectivity index (χ0v) is 9.03. The molecular weight excluding hydrogens is 202 g/mol. The molecule has 1 aromatic rings. The fourth-order valence-corrected chi connectivity index (χ4v) is 1.34. The summed E-state index contributed by atoms with van der Waals surface area (Å²) in [7, 11) is 0. The molecule has 0 amide bonds. The maximum Gasteiger partial charge on any atom is 0.286 e. The highest BCUT2D eigenvalue weighted by molar-refractivity contribution is 5.58. The smallest absolute Gasteiger partial charge is 0.286 e. The van der Waals surface area contributed by atoms with E-state index in [1.807, 2.05) is 0 Å². The first-order valence-electron chi connectivity index (χ1n) is 4.63. The van der Waals surface area contributed by atoms with Crippen molar-refractivity contribution in [2.45, 2.75) is 26.7 Å². The Morgan fingerprint density at radius 1 is 1.60 bits per heavy atom. The van der Waals surface area contributed by atoms with Crippen LogP contribution in [-0.4, -0.2) is 16.8 Å². The van der Waals surface area contributed by atoms with E-state index >= 15 is 0 Å². The molecule has 0 aliphatic carbocycles. The van der Waals surface area contributed by atoms with Gasteiger partial charge in [-0.25, -0.2) is 0 Å². The van der Waals surface area contributed by atoms with E-state index in [-0.39, 0.29) is 5.69 Å². The highest BCUT2D eigenvalue weighted by Crippen LogP contribution is 2.30. The normalized spacial score (nSPS) is 11.5. The lowest BCUT2D eigenvalue weighted by atomic mass is 10.1. The average Bonchev–Trinajstić information content (AvgIpc) is 2.46. The van der Waals surface area contributed by atoms with E-state index in [4.69, 9.17) is 4.74 Å². The molecule has 0 saturated heterocycles. The number of hydrogen-bond donors (Lipinski definition) is 1. The highest BCUT2D eigenvalue weighted by atomic mass is 19.3. The Bertz CT molecular complexity index is 366. The number of nitrogens with zero attached hydrogens (tertiary/aromatic N) is 1. The standard InChI is InChI=1S/C10H14F2N2O/c1-5-15-7(3)8-6(2)9(14-13-8)10(4,11)12/h3,5H2,1-2,4H3,(H,13,14). The van der Waals surface area contributed by atoms with Gasteiger partial charge in [0.2, 0.25) is 0 Å². The van der Waals surface area contributed by atoms with Crippen LogP contribution < -0.4 is 0 Å². The largest absolute Gasteiger partial charge is 0.492 e. The molecule has 15 heavy (non-hydrogen) atoms. The van der Waals surface area contributed by atoms with Crippen LogP contribution in [0.1, 0.15) is 30.8 Å². The van der Waals surface area contributed by atoms with Crippen LogP contribution in [0.5, 0.6) is 0 Å². The van der Waals surface area contributed by atoms with Gasteiger partial charge in [0.25, 0.3) is 5.92 Å². The van der Waals surface area contributed by atoms with E-state index in [0.717, 1.165) is 6.92 Å². The molecule has 84 valence electrons. The lowest BCUT2D eigenvalue weighted by molar-refractivity contribution is 0.0121. The van der Waals surface area contributed by atoms with Crippen molar-refractivity contribution < 1.29 is 13.5 Å². The number of ether oxygens (including phenoxy) is 1. The Hall–Kier alpha value is -1.39. The number of hydrogen-bond acceptors (Lipinski definition) is 2. The van der Waals surface area contributed by atoms with Gasteiger partial charge in [-0.15, -0.1) is 0 Å². The van der Waals surface area contributed by atoms with Gasteiger partial charge in [-0.05, 0) is 13.8 Å². The maximum atomic E-state index is 13.0. The van der Waals surface area contributed by atoms with E-state index in [0.29, 0.717) is 23.6 Å². The van der Waals surface area contributed by atoms with E-state index in [1.165, 1.54) is 0 Å². The Balaban J connectivity index is 3.04. The van der Waals surface area contributed by atoms with Crippen molar-refractivity contribution in [3.8, 4) is 0 Å². The number of aromatic nitrogens is 2. The molecule has 0 spiro atoms. The quantitative estimate of drug-likeness (QED) is 0.786. The number of halogens is 2. The number of nitrogens with one attached hydrogen (secondary N) is 1. The molecule has 1 N–H and O–H groups in total. The first kappa shape index (κ1) is 11.7. The third-order valence-electron chi connectivity index (χ3n) is 2.03. The number of alkyl halides is 2. The van der Waals surface area contributed by atoms with E-state index in [2.05, 4.69) is 16.8 Å². The third-order valence-corrected chi connectivity index (χ3v) is 2.03. The second kappa shape index (κ2) is 4.00. The van der Waals surface area contributed by atoms with Crippen LogP contribution in [0.3, 0.4) is 0 Å². The molecule has 0 aliphatic heterocycles. The summed E-state index contributed by atoms with van der Waals surface area (Å²) in [4.78, 5) is 0. The van der Waals surface area contributed by atoms with Crippen LogP contribution in [-0.2, 0) is 10.7 Å². The van der Waals surface area contributed by atoms with Crippen molar-refractivity contribution in [3.05, 3.63) is 23.5 Å². The van der Waals surface area contributed by atoms with Gasteiger partial charge in [-0.1, -0.05) is 6.58 Å². The fraction of sp³-hybridized carbons (Fsp3) is 0.500. The molecule has 0 fully saturated rings. The molecule has 0 bridgehead atoms. The number of rotatable bonds is 4. The van der Waals surface area contributed by atoms with Crippen LogP contribution >= 0.6 is 0 Å². The molecule has 0 saturated carbocycles. The van der Waals surface area contributed by atoms with E-state index in [1.54, 1.807) is 13.8 Å². The lowest BCUT2D eigenvalue weighted by Gasteiger charge is -2.09. The van der Waals surface area contributed by atoms with Crippen molar-refractivity contribution in [1.29, 1.82) is 0 Å². The summed E-state index contributed by atoms with van der Waals surface area (Å²) < 4.78 is 31.2. The minimum absolute atomic E-state index is 0.196. The number of aromatic amines is 1. The first-order valence-corrected chi connectivity index (χ1v) is 4.63. The highest BCUT2D eigenvalue weighted by Gasteiger charge is 2.30.